The van der Waals surface area contributed by atoms with Gasteiger partial charge in [-0.05, 0) is 31.2 Å². The molecule has 0 radical (unpaired) electrons. The zero-order valence-electron chi connectivity index (χ0n) is 7.51. The predicted molar refractivity (Wildman–Crippen MR) is 46.4 cm³/mol. The molecule has 1 saturated heterocycles. The number of aliphatic hydroxyl groups is 1. The molecule has 2 N–H and O–H groups in total. The van der Waals surface area contributed by atoms with Crippen molar-refractivity contribution in [2.24, 2.45) is 11.8 Å². The summed E-state index contributed by atoms with van der Waals surface area (Å²) >= 11 is 0. The monoisotopic (exact) mass is 157 g/mol. The molecule has 1 aliphatic heterocycles. The molecule has 1 aliphatic rings. The molecule has 1 heterocycles. The zero-order valence-corrected chi connectivity index (χ0v) is 7.51. The second kappa shape index (κ2) is 4.07. The molecule has 1 rings (SSSR count). The van der Waals surface area contributed by atoms with Gasteiger partial charge in [0.05, 0.1) is 6.10 Å². The van der Waals surface area contributed by atoms with E-state index < -0.39 is 0 Å². The second-order valence-electron chi connectivity index (χ2n) is 3.95. The highest BCUT2D eigenvalue weighted by molar-refractivity contribution is 4.78. The highest BCUT2D eigenvalue weighted by Gasteiger charge is 2.22. The molecule has 0 bridgehead atoms. The van der Waals surface area contributed by atoms with Crippen LogP contribution in [0.3, 0.4) is 0 Å². The van der Waals surface area contributed by atoms with Crippen LogP contribution in [0.25, 0.3) is 0 Å². The summed E-state index contributed by atoms with van der Waals surface area (Å²) in [6.45, 7) is 6.41. The van der Waals surface area contributed by atoms with E-state index in [2.05, 4.69) is 19.2 Å². The van der Waals surface area contributed by atoms with Crippen molar-refractivity contribution in [3.05, 3.63) is 0 Å². The Morgan fingerprint density at radius 3 is 2.73 bits per heavy atom. The quantitative estimate of drug-likeness (QED) is 0.640. The minimum absolute atomic E-state index is 0.0787. The van der Waals surface area contributed by atoms with Gasteiger partial charge in [-0.1, -0.05) is 13.8 Å². The molecular weight excluding hydrogens is 138 g/mol. The van der Waals surface area contributed by atoms with Crippen LogP contribution in [0.1, 0.15) is 26.7 Å². The van der Waals surface area contributed by atoms with Gasteiger partial charge in [0.1, 0.15) is 0 Å². The average Bonchev–Trinajstić information content (AvgIpc) is 2.35. The van der Waals surface area contributed by atoms with Crippen LogP contribution < -0.4 is 5.32 Å². The molecule has 66 valence electrons. The maximum absolute atomic E-state index is 9.68. The SMILES string of the molecule is CC(C)CC(O)[C@@H]1CCNC1. The molecule has 1 fully saturated rings. The first-order valence-corrected chi connectivity index (χ1v) is 4.59. The highest BCUT2D eigenvalue weighted by atomic mass is 16.3. The van der Waals surface area contributed by atoms with Crippen LogP contribution in [0.5, 0.6) is 0 Å². The lowest BCUT2D eigenvalue weighted by Crippen LogP contribution is -2.24. The van der Waals surface area contributed by atoms with Crippen molar-refractivity contribution >= 4 is 0 Å². The van der Waals surface area contributed by atoms with E-state index in [9.17, 15) is 5.11 Å². The predicted octanol–water partition coefficient (Wildman–Crippen LogP) is 1.00. The minimum atomic E-state index is -0.0787. The van der Waals surface area contributed by atoms with E-state index >= 15 is 0 Å². The lowest BCUT2D eigenvalue weighted by Gasteiger charge is -2.18. The summed E-state index contributed by atoms with van der Waals surface area (Å²) in [6, 6.07) is 0. The largest absolute Gasteiger partial charge is 0.393 e. The first kappa shape index (κ1) is 9.01. The molecular formula is C9H19NO. The van der Waals surface area contributed by atoms with E-state index in [0.29, 0.717) is 11.8 Å². The fourth-order valence-electron chi connectivity index (χ4n) is 1.68. The molecule has 1 unspecified atom stereocenters. The summed E-state index contributed by atoms with van der Waals surface area (Å²) in [5.41, 5.74) is 0. The third kappa shape index (κ3) is 2.80. The minimum Gasteiger partial charge on any atom is -0.393 e. The Kier molecular flexibility index (Phi) is 3.34. The van der Waals surface area contributed by atoms with Crippen molar-refractivity contribution in [3.8, 4) is 0 Å². The third-order valence-electron chi connectivity index (χ3n) is 2.36. The molecule has 2 heteroatoms. The normalized spacial score (nSPS) is 27.8. The molecule has 0 aromatic heterocycles. The molecule has 0 aromatic carbocycles. The molecule has 2 nitrogen and oxygen atoms in total. The first-order valence-electron chi connectivity index (χ1n) is 4.59. The van der Waals surface area contributed by atoms with Gasteiger partial charge in [-0.2, -0.15) is 0 Å². The van der Waals surface area contributed by atoms with Crippen molar-refractivity contribution in [2.45, 2.75) is 32.8 Å². The van der Waals surface area contributed by atoms with Crippen LogP contribution in [0.4, 0.5) is 0 Å². The summed E-state index contributed by atoms with van der Waals surface area (Å²) in [5, 5.41) is 12.9. The summed E-state index contributed by atoms with van der Waals surface area (Å²) in [5.74, 6) is 1.13. The van der Waals surface area contributed by atoms with Crippen LogP contribution in [0, 0.1) is 11.8 Å². The lowest BCUT2D eigenvalue weighted by molar-refractivity contribution is 0.0951. The summed E-state index contributed by atoms with van der Waals surface area (Å²) < 4.78 is 0. The molecule has 11 heavy (non-hydrogen) atoms. The number of aliphatic hydroxyl groups excluding tert-OH is 1. The number of hydrogen-bond acceptors (Lipinski definition) is 2. The maximum atomic E-state index is 9.68. The van der Waals surface area contributed by atoms with Gasteiger partial charge < -0.3 is 10.4 Å². The summed E-state index contributed by atoms with van der Waals surface area (Å²) in [6.07, 6.45) is 2.02. The van der Waals surface area contributed by atoms with Crippen LogP contribution in [0.15, 0.2) is 0 Å². The van der Waals surface area contributed by atoms with Crippen LogP contribution in [0.2, 0.25) is 0 Å². The van der Waals surface area contributed by atoms with E-state index in [4.69, 9.17) is 0 Å². The lowest BCUT2D eigenvalue weighted by atomic mass is 9.94. The van der Waals surface area contributed by atoms with Gasteiger partial charge in [0.2, 0.25) is 0 Å². The van der Waals surface area contributed by atoms with Crippen LogP contribution in [-0.2, 0) is 0 Å². The Hall–Kier alpha value is -0.0800. The van der Waals surface area contributed by atoms with Crippen molar-refractivity contribution in [1.29, 1.82) is 0 Å². The average molecular weight is 157 g/mol. The van der Waals surface area contributed by atoms with Gasteiger partial charge in [0, 0.05) is 6.54 Å². The van der Waals surface area contributed by atoms with Gasteiger partial charge in [0.25, 0.3) is 0 Å². The molecule has 0 saturated carbocycles. The topological polar surface area (TPSA) is 32.3 Å². The Bertz CT molecular complexity index is 108. The van der Waals surface area contributed by atoms with Crippen molar-refractivity contribution in [2.75, 3.05) is 13.1 Å². The smallest absolute Gasteiger partial charge is 0.0583 e. The molecule has 0 aromatic rings. The summed E-state index contributed by atoms with van der Waals surface area (Å²) in [4.78, 5) is 0. The Balaban J connectivity index is 2.22. The van der Waals surface area contributed by atoms with Gasteiger partial charge in [-0.25, -0.2) is 0 Å². The zero-order chi connectivity index (χ0) is 8.27. The summed E-state index contributed by atoms with van der Waals surface area (Å²) in [7, 11) is 0. The van der Waals surface area contributed by atoms with Crippen molar-refractivity contribution in [1.82, 2.24) is 5.32 Å². The molecule has 2 atom stereocenters. The van der Waals surface area contributed by atoms with Crippen molar-refractivity contribution in [3.63, 3.8) is 0 Å². The van der Waals surface area contributed by atoms with Gasteiger partial charge in [-0.15, -0.1) is 0 Å². The van der Waals surface area contributed by atoms with E-state index in [1.54, 1.807) is 0 Å². The van der Waals surface area contributed by atoms with Gasteiger partial charge in [0.15, 0.2) is 0 Å². The number of nitrogens with one attached hydrogen (secondary N) is 1. The highest BCUT2D eigenvalue weighted by Crippen LogP contribution is 2.18. The maximum Gasteiger partial charge on any atom is 0.0583 e. The van der Waals surface area contributed by atoms with Crippen molar-refractivity contribution < 1.29 is 5.11 Å². The van der Waals surface area contributed by atoms with Gasteiger partial charge in [-0.3, -0.25) is 0 Å². The fraction of sp³-hybridized carbons (Fsp3) is 1.00. The van der Waals surface area contributed by atoms with Crippen LogP contribution >= 0.6 is 0 Å². The molecule has 0 spiro atoms. The van der Waals surface area contributed by atoms with E-state index in [1.165, 1.54) is 0 Å². The fourth-order valence-corrected chi connectivity index (χ4v) is 1.68. The van der Waals surface area contributed by atoms with Gasteiger partial charge >= 0.3 is 0 Å². The van der Waals surface area contributed by atoms with E-state index in [0.717, 1.165) is 25.9 Å². The standard InChI is InChI=1S/C9H19NO/c1-7(2)5-9(11)8-3-4-10-6-8/h7-11H,3-6H2,1-2H3/t8-,9?/m1/s1. The second-order valence-corrected chi connectivity index (χ2v) is 3.95. The van der Waals surface area contributed by atoms with E-state index in [-0.39, 0.29) is 6.10 Å². The Morgan fingerprint density at radius 2 is 2.27 bits per heavy atom. The van der Waals surface area contributed by atoms with Crippen LogP contribution in [-0.4, -0.2) is 24.3 Å². The number of rotatable bonds is 3. The molecule has 0 aliphatic carbocycles. The molecule has 0 amide bonds. The van der Waals surface area contributed by atoms with E-state index in [1.807, 2.05) is 0 Å². The Morgan fingerprint density at radius 1 is 1.55 bits per heavy atom. The third-order valence-corrected chi connectivity index (χ3v) is 2.36. The Labute approximate surface area is 69.0 Å². The first-order chi connectivity index (χ1) is 5.20. The number of hydrogen-bond donors (Lipinski definition) is 2.